The number of nitrogens with zero attached hydrogens (tertiary/aromatic N) is 1. The van der Waals surface area contributed by atoms with E-state index in [-0.39, 0.29) is 5.41 Å². The predicted octanol–water partition coefficient (Wildman–Crippen LogP) is 17.4. The van der Waals surface area contributed by atoms with Crippen LogP contribution in [0.5, 0.6) is 0 Å². The number of thiophene rings is 1. The summed E-state index contributed by atoms with van der Waals surface area (Å²) in [6.07, 6.45) is 0. The minimum Gasteiger partial charge on any atom is -0.337 e. The van der Waals surface area contributed by atoms with Crippen LogP contribution in [0.2, 0.25) is 0 Å². The minimum atomic E-state index is -0.420. The van der Waals surface area contributed by atoms with Crippen molar-refractivity contribution in [2.45, 2.75) is 31.2 Å². The maximum absolute atomic E-state index is 2.49. The van der Waals surface area contributed by atoms with Gasteiger partial charge in [-0.05, 0) is 102 Å². The third-order valence-corrected chi connectivity index (χ3v) is 16.1. The van der Waals surface area contributed by atoms with Crippen LogP contribution in [0.1, 0.15) is 52.8 Å². The van der Waals surface area contributed by atoms with Crippen LogP contribution in [0.4, 0.5) is 11.4 Å². The van der Waals surface area contributed by atoms with Gasteiger partial charge in [0.05, 0.1) is 5.41 Å². The largest absolute Gasteiger partial charge is 0.337 e. The Labute approximate surface area is 396 Å². The Morgan fingerprint density at radius 1 is 0.373 bits per heavy atom. The standard InChI is InChI=1S/C65H47NS/c1-64(2)57-27-14-12-23-52(57)53-38-37-50(41-60(53)64)66(49-35-33-45(34-36-49)44-17-6-3-7-18-44)42-43-29-31-46(32-30-43)51-25-16-26-54-55-39-40-59-61(63(55)67-62(51)54)56-24-13-15-28-58(56)65(59,47-19-8-4-9-20-47)48-21-10-5-11-22-48/h3-41H,42H2,1-2H3. The summed E-state index contributed by atoms with van der Waals surface area (Å²) < 4.78 is 2.68. The molecule has 0 radical (unpaired) electrons. The van der Waals surface area contributed by atoms with Gasteiger partial charge >= 0.3 is 0 Å². The first-order valence-corrected chi connectivity index (χ1v) is 24.3. The van der Waals surface area contributed by atoms with Crippen molar-refractivity contribution >= 4 is 42.9 Å². The van der Waals surface area contributed by atoms with Gasteiger partial charge in [0.25, 0.3) is 0 Å². The zero-order valence-corrected chi connectivity index (χ0v) is 38.4. The number of hydrogen-bond donors (Lipinski definition) is 0. The highest BCUT2D eigenvalue weighted by atomic mass is 32.1. The van der Waals surface area contributed by atoms with E-state index in [4.69, 9.17) is 0 Å². The van der Waals surface area contributed by atoms with E-state index in [1.807, 2.05) is 11.3 Å². The predicted molar refractivity (Wildman–Crippen MR) is 284 cm³/mol. The molecule has 10 aromatic carbocycles. The molecule has 0 unspecified atom stereocenters. The summed E-state index contributed by atoms with van der Waals surface area (Å²) in [5.74, 6) is 0. The molecule has 0 fully saturated rings. The zero-order valence-electron chi connectivity index (χ0n) is 37.6. The molecule has 0 aliphatic heterocycles. The normalized spacial score (nSPS) is 13.8. The van der Waals surface area contributed by atoms with E-state index >= 15 is 0 Å². The van der Waals surface area contributed by atoms with Crippen molar-refractivity contribution in [1.29, 1.82) is 0 Å². The fourth-order valence-electron chi connectivity index (χ4n) is 11.6. The van der Waals surface area contributed by atoms with Crippen LogP contribution < -0.4 is 4.90 Å². The zero-order chi connectivity index (χ0) is 44.7. The van der Waals surface area contributed by atoms with Crippen molar-refractivity contribution in [3.63, 3.8) is 0 Å². The Balaban J connectivity index is 0.900. The SMILES string of the molecule is CC1(C)c2ccccc2-c2ccc(N(Cc3ccc(-c4cccc5c4sc4c6c(ccc45)C(c4ccccc4)(c4ccccc4)c4ccccc4-6)cc3)c3ccc(-c4ccccc4)cc3)cc21. The lowest BCUT2D eigenvalue weighted by atomic mass is 9.68. The van der Waals surface area contributed by atoms with E-state index < -0.39 is 5.41 Å². The molecule has 13 rings (SSSR count). The number of hydrogen-bond acceptors (Lipinski definition) is 2. The number of benzene rings is 10. The van der Waals surface area contributed by atoms with Crippen molar-refractivity contribution in [2.75, 3.05) is 4.90 Å². The molecule has 2 aliphatic rings. The van der Waals surface area contributed by atoms with Gasteiger partial charge in [-0.2, -0.15) is 0 Å². The Morgan fingerprint density at radius 3 is 1.64 bits per heavy atom. The van der Waals surface area contributed by atoms with Crippen LogP contribution in [-0.2, 0) is 17.4 Å². The van der Waals surface area contributed by atoms with Gasteiger partial charge in [-0.3, -0.25) is 0 Å². The summed E-state index contributed by atoms with van der Waals surface area (Å²) in [5, 5.41) is 2.63. The van der Waals surface area contributed by atoms with Gasteiger partial charge in [0.2, 0.25) is 0 Å². The van der Waals surface area contributed by atoms with Crippen LogP contribution in [0, 0.1) is 0 Å². The summed E-state index contributed by atoms with van der Waals surface area (Å²) in [4.78, 5) is 2.49. The van der Waals surface area contributed by atoms with Gasteiger partial charge in [0.15, 0.2) is 0 Å². The summed E-state index contributed by atoms with van der Waals surface area (Å²) in [7, 11) is 0. The van der Waals surface area contributed by atoms with Crippen LogP contribution >= 0.6 is 11.3 Å². The summed E-state index contributed by atoms with van der Waals surface area (Å²) in [6.45, 7) is 5.47. The highest BCUT2D eigenvalue weighted by molar-refractivity contribution is 7.27. The first-order valence-electron chi connectivity index (χ1n) is 23.4. The third kappa shape index (κ3) is 6.06. The molecule has 1 heterocycles. The highest BCUT2D eigenvalue weighted by Gasteiger charge is 2.47. The molecule has 0 spiro atoms. The molecular formula is C65H47NS. The molecule has 11 aromatic rings. The lowest BCUT2D eigenvalue weighted by Crippen LogP contribution is -2.28. The van der Waals surface area contributed by atoms with E-state index in [2.05, 4.69) is 255 Å². The highest BCUT2D eigenvalue weighted by Crippen LogP contribution is 2.59. The molecule has 318 valence electrons. The molecule has 0 saturated heterocycles. The lowest BCUT2D eigenvalue weighted by molar-refractivity contribution is 0.660. The Kier molecular flexibility index (Phi) is 9.10. The smallest absolute Gasteiger partial charge is 0.0714 e. The van der Waals surface area contributed by atoms with Gasteiger partial charge in [0, 0.05) is 49.1 Å². The molecular weight excluding hydrogens is 827 g/mol. The van der Waals surface area contributed by atoms with Gasteiger partial charge < -0.3 is 4.90 Å². The van der Waals surface area contributed by atoms with Gasteiger partial charge in [-0.25, -0.2) is 0 Å². The fourth-order valence-corrected chi connectivity index (χ4v) is 13.0. The number of rotatable bonds is 8. The molecule has 1 aromatic heterocycles. The van der Waals surface area contributed by atoms with Crippen molar-refractivity contribution in [3.8, 4) is 44.5 Å². The van der Waals surface area contributed by atoms with Crippen LogP contribution in [0.15, 0.2) is 237 Å². The van der Waals surface area contributed by atoms with Crippen LogP contribution in [0.25, 0.3) is 64.7 Å². The summed E-state index contributed by atoms with van der Waals surface area (Å²) in [5.41, 5.74) is 21.5. The Bertz CT molecular complexity index is 3620. The first-order chi connectivity index (χ1) is 33.0. The van der Waals surface area contributed by atoms with E-state index in [1.165, 1.54) is 115 Å². The van der Waals surface area contributed by atoms with Crippen LogP contribution in [-0.4, -0.2) is 0 Å². The molecule has 0 bridgehead atoms. The minimum absolute atomic E-state index is 0.0869. The van der Waals surface area contributed by atoms with Crippen molar-refractivity contribution < 1.29 is 0 Å². The fraction of sp³-hybridized carbons (Fsp3) is 0.0769. The number of anilines is 2. The lowest BCUT2D eigenvalue weighted by Gasteiger charge is -2.33. The van der Waals surface area contributed by atoms with E-state index in [1.54, 1.807) is 0 Å². The maximum atomic E-state index is 2.49. The van der Waals surface area contributed by atoms with Gasteiger partial charge in [-0.1, -0.05) is 226 Å². The summed E-state index contributed by atoms with van der Waals surface area (Å²) >= 11 is 1.95. The summed E-state index contributed by atoms with van der Waals surface area (Å²) in [6, 6.07) is 88.1. The van der Waals surface area contributed by atoms with Crippen LogP contribution in [0.3, 0.4) is 0 Å². The Hall–Kier alpha value is -7.78. The molecule has 0 amide bonds. The van der Waals surface area contributed by atoms with E-state index in [9.17, 15) is 0 Å². The molecule has 2 aliphatic carbocycles. The van der Waals surface area contributed by atoms with E-state index in [0.717, 1.165) is 6.54 Å². The molecule has 0 atom stereocenters. The second kappa shape index (κ2) is 15.4. The maximum Gasteiger partial charge on any atom is 0.0714 e. The molecule has 1 nitrogen and oxygen atoms in total. The average molecular weight is 874 g/mol. The second-order valence-corrected chi connectivity index (χ2v) is 19.8. The number of fused-ring (bicyclic) bond motifs is 10. The monoisotopic (exact) mass is 873 g/mol. The van der Waals surface area contributed by atoms with Crippen molar-refractivity contribution in [2.24, 2.45) is 0 Å². The topological polar surface area (TPSA) is 3.24 Å². The average Bonchev–Trinajstić information content (AvgIpc) is 4.00. The molecule has 0 N–H and O–H groups in total. The van der Waals surface area contributed by atoms with Crippen molar-refractivity contribution in [1.82, 2.24) is 0 Å². The third-order valence-electron chi connectivity index (χ3n) is 14.9. The first kappa shape index (κ1) is 39.6. The molecule has 2 heteroatoms. The van der Waals surface area contributed by atoms with E-state index in [0.29, 0.717) is 0 Å². The molecule has 67 heavy (non-hydrogen) atoms. The second-order valence-electron chi connectivity index (χ2n) is 18.8. The molecule has 0 saturated carbocycles. The Morgan fingerprint density at radius 2 is 0.925 bits per heavy atom. The van der Waals surface area contributed by atoms with Gasteiger partial charge in [0.1, 0.15) is 0 Å². The van der Waals surface area contributed by atoms with Crippen molar-refractivity contribution in [3.05, 3.63) is 276 Å². The quantitative estimate of drug-likeness (QED) is 0.147. The van der Waals surface area contributed by atoms with Gasteiger partial charge in [-0.15, -0.1) is 11.3 Å².